The van der Waals surface area contributed by atoms with Gasteiger partial charge in [-0.3, -0.25) is 14.5 Å². The van der Waals surface area contributed by atoms with Crippen LogP contribution >= 0.6 is 0 Å². The minimum atomic E-state index is -0.664. The first-order chi connectivity index (χ1) is 15.7. The zero-order chi connectivity index (χ0) is 22.1. The van der Waals surface area contributed by atoms with Gasteiger partial charge in [-0.1, -0.05) is 43.7 Å². The Morgan fingerprint density at radius 3 is 2.69 bits per heavy atom. The third-order valence-corrected chi connectivity index (χ3v) is 5.61. The van der Waals surface area contributed by atoms with Crippen LogP contribution in [0.3, 0.4) is 0 Å². The van der Waals surface area contributed by atoms with Gasteiger partial charge >= 0.3 is 0 Å². The van der Waals surface area contributed by atoms with E-state index in [1.807, 2.05) is 30.3 Å². The first-order valence-corrected chi connectivity index (χ1v) is 10.7. The van der Waals surface area contributed by atoms with Crippen LogP contribution < -0.4 is 15.1 Å². The monoisotopic (exact) mass is 426 g/mol. The second kappa shape index (κ2) is 8.30. The van der Waals surface area contributed by atoms with Gasteiger partial charge in [0.1, 0.15) is 17.2 Å². The third-order valence-electron chi connectivity index (χ3n) is 5.61. The molecule has 6 heteroatoms. The number of nitrogens with zero attached hydrogens (tertiary/aromatic N) is 2. The third kappa shape index (κ3) is 3.34. The number of carbonyl (C=O) groups is 1. The molecule has 0 bridgehead atoms. The number of unbranched alkanes of at least 4 members (excludes halogenated alkanes) is 1. The molecule has 0 aliphatic carbocycles. The summed E-state index contributed by atoms with van der Waals surface area (Å²) in [6.45, 7) is 2.71. The summed E-state index contributed by atoms with van der Waals surface area (Å²) in [5.74, 6) is 0.822. The van der Waals surface area contributed by atoms with Crippen LogP contribution in [0.15, 0.2) is 82.1 Å². The summed E-state index contributed by atoms with van der Waals surface area (Å²) in [5.41, 5.74) is 1.27. The summed E-state index contributed by atoms with van der Waals surface area (Å²) in [5, 5.41) is 0.447. The molecule has 2 aromatic heterocycles. The number of benzene rings is 2. The summed E-state index contributed by atoms with van der Waals surface area (Å²) in [4.78, 5) is 32.9. The van der Waals surface area contributed by atoms with Gasteiger partial charge in [0.2, 0.25) is 5.76 Å². The second-order valence-electron chi connectivity index (χ2n) is 7.71. The fraction of sp³-hybridized carbons (Fsp3) is 0.192. The van der Waals surface area contributed by atoms with E-state index in [0.717, 1.165) is 18.4 Å². The van der Waals surface area contributed by atoms with Crippen LogP contribution in [-0.2, 0) is 0 Å². The lowest BCUT2D eigenvalue weighted by Crippen LogP contribution is -2.30. The van der Waals surface area contributed by atoms with Crippen LogP contribution in [-0.4, -0.2) is 17.5 Å². The van der Waals surface area contributed by atoms with Crippen molar-refractivity contribution in [3.63, 3.8) is 0 Å². The predicted octanol–water partition coefficient (Wildman–Crippen LogP) is 5.12. The van der Waals surface area contributed by atoms with Gasteiger partial charge in [0.05, 0.1) is 23.6 Å². The quantitative estimate of drug-likeness (QED) is 0.400. The lowest BCUT2D eigenvalue weighted by Gasteiger charge is -2.24. The predicted molar refractivity (Wildman–Crippen MR) is 122 cm³/mol. The topological polar surface area (TPSA) is 72.6 Å². The van der Waals surface area contributed by atoms with Crippen LogP contribution in [0.25, 0.3) is 11.0 Å². The van der Waals surface area contributed by atoms with Crippen LogP contribution in [0.2, 0.25) is 0 Å². The number of ether oxygens (including phenoxy) is 1. The second-order valence-corrected chi connectivity index (χ2v) is 7.71. The summed E-state index contributed by atoms with van der Waals surface area (Å²) < 4.78 is 11.8. The number of pyridine rings is 1. The molecule has 32 heavy (non-hydrogen) atoms. The van der Waals surface area contributed by atoms with Crippen LogP contribution in [0.5, 0.6) is 5.75 Å². The number of amides is 1. The number of para-hydroxylation sites is 1. The zero-order valence-electron chi connectivity index (χ0n) is 17.7. The maximum atomic E-state index is 13.5. The smallest absolute Gasteiger partial charge is 0.296 e. The van der Waals surface area contributed by atoms with Crippen LogP contribution in [0, 0.1) is 0 Å². The van der Waals surface area contributed by atoms with E-state index in [4.69, 9.17) is 9.15 Å². The molecule has 0 fully saturated rings. The molecular formula is C26H22N2O4. The molecule has 0 radical (unpaired) electrons. The maximum absolute atomic E-state index is 13.5. The maximum Gasteiger partial charge on any atom is 0.296 e. The SMILES string of the molecule is CCCCOc1cccc([C@@H]2c3c(oc4ccccc4c3=O)C(=O)N2c2ccccn2)c1. The molecule has 4 aromatic rings. The van der Waals surface area contributed by atoms with E-state index in [1.54, 1.807) is 42.6 Å². The van der Waals surface area contributed by atoms with Crippen molar-refractivity contribution >= 4 is 22.7 Å². The van der Waals surface area contributed by atoms with Gasteiger partial charge in [-0.15, -0.1) is 0 Å². The first-order valence-electron chi connectivity index (χ1n) is 10.7. The number of hydrogen-bond acceptors (Lipinski definition) is 5. The van der Waals surface area contributed by atoms with Crippen molar-refractivity contribution in [1.82, 2.24) is 4.98 Å². The highest BCUT2D eigenvalue weighted by molar-refractivity contribution is 6.10. The number of hydrogen-bond donors (Lipinski definition) is 0. The van der Waals surface area contributed by atoms with Crippen LogP contribution in [0.1, 0.15) is 47.5 Å². The molecule has 5 rings (SSSR count). The Labute approximate surface area is 185 Å². The minimum Gasteiger partial charge on any atom is -0.494 e. The number of rotatable bonds is 6. The van der Waals surface area contributed by atoms with E-state index in [1.165, 1.54) is 4.90 Å². The van der Waals surface area contributed by atoms with Gasteiger partial charge < -0.3 is 9.15 Å². The molecule has 6 nitrogen and oxygen atoms in total. The molecule has 0 saturated heterocycles. The number of aromatic nitrogens is 1. The minimum absolute atomic E-state index is 0.0571. The molecule has 3 heterocycles. The molecule has 0 unspecified atom stereocenters. The van der Waals surface area contributed by atoms with Gasteiger partial charge in [-0.2, -0.15) is 0 Å². The Morgan fingerprint density at radius 1 is 1.03 bits per heavy atom. The average molecular weight is 426 g/mol. The zero-order valence-corrected chi connectivity index (χ0v) is 17.7. The Kier molecular flexibility index (Phi) is 5.19. The number of carbonyl (C=O) groups excluding carboxylic acids is 1. The van der Waals surface area contributed by atoms with Crippen molar-refractivity contribution in [1.29, 1.82) is 0 Å². The molecule has 0 saturated carbocycles. The van der Waals surface area contributed by atoms with E-state index in [-0.39, 0.29) is 17.1 Å². The van der Waals surface area contributed by atoms with Gasteiger partial charge in [0.15, 0.2) is 5.43 Å². The lowest BCUT2D eigenvalue weighted by atomic mass is 9.98. The van der Waals surface area contributed by atoms with Crippen molar-refractivity contribution in [3.8, 4) is 5.75 Å². The molecule has 0 spiro atoms. The molecular weight excluding hydrogens is 404 g/mol. The van der Waals surface area contributed by atoms with Gasteiger partial charge in [0.25, 0.3) is 5.91 Å². The van der Waals surface area contributed by atoms with Gasteiger partial charge in [-0.25, -0.2) is 4.98 Å². The molecule has 2 aromatic carbocycles. The van der Waals surface area contributed by atoms with E-state index >= 15 is 0 Å². The summed E-state index contributed by atoms with van der Waals surface area (Å²) in [6.07, 6.45) is 3.61. The average Bonchev–Trinajstić information content (AvgIpc) is 3.13. The van der Waals surface area contributed by atoms with Crippen molar-refractivity contribution < 1.29 is 13.9 Å². The summed E-state index contributed by atoms with van der Waals surface area (Å²) in [6, 6.07) is 19.2. The molecule has 1 amide bonds. The fourth-order valence-electron chi connectivity index (χ4n) is 4.08. The first kappa shape index (κ1) is 20.0. The highest BCUT2D eigenvalue weighted by Gasteiger charge is 2.44. The van der Waals surface area contributed by atoms with Gasteiger partial charge in [-0.05, 0) is 48.4 Å². The molecule has 160 valence electrons. The highest BCUT2D eigenvalue weighted by Crippen LogP contribution is 2.41. The normalized spacial score (nSPS) is 15.2. The Morgan fingerprint density at radius 2 is 1.88 bits per heavy atom. The van der Waals surface area contributed by atoms with Crippen LogP contribution in [0.4, 0.5) is 5.82 Å². The van der Waals surface area contributed by atoms with Crippen molar-refractivity contribution in [2.45, 2.75) is 25.8 Å². The summed E-state index contributed by atoms with van der Waals surface area (Å²) >= 11 is 0. The fourth-order valence-corrected chi connectivity index (χ4v) is 4.08. The largest absolute Gasteiger partial charge is 0.494 e. The van der Waals surface area contributed by atoms with E-state index in [2.05, 4.69) is 11.9 Å². The lowest BCUT2D eigenvalue weighted by molar-refractivity contribution is 0.0970. The van der Waals surface area contributed by atoms with Crippen molar-refractivity contribution in [2.24, 2.45) is 0 Å². The van der Waals surface area contributed by atoms with Crippen molar-refractivity contribution in [3.05, 3.63) is 100 Å². The number of anilines is 1. The van der Waals surface area contributed by atoms with Gasteiger partial charge in [0, 0.05) is 6.20 Å². The molecule has 1 aliphatic rings. The van der Waals surface area contributed by atoms with E-state index in [0.29, 0.717) is 34.7 Å². The Bertz CT molecular complexity index is 1350. The summed E-state index contributed by atoms with van der Waals surface area (Å²) in [7, 11) is 0. The number of fused-ring (bicyclic) bond motifs is 2. The van der Waals surface area contributed by atoms with Crippen molar-refractivity contribution in [2.75, 3.05) is 11.5 Å². The molecule has 1 aliphatic heterocycles. The highest BCUT2D eigenvalue weighted by atomic mass is 16.5. The molecule has 0 N–H and O–H groups in total. The molecule has 1 atom stereocenters. The van der Waals surface area contributed by atoms with E-state index < -0.39 is 6.04 Å². The Hall–Kier alpha value is -3.93. The Balaban J connectivity index is 1.70. The standard InChI is InChI=1S/C26H22N2O4/c1-2-3-15-31-18-10-8-9-17(16-18)23-22-24(29)19-11-4-5-12-20(19)32-25(22)26(30)28(23)21-13-6-7-14-27-21/h4-14,16,23H,2-3,15H2,1H3/t23-/m1/s1. The van der Waals surface area contributed by atoms with E-state index in [9.17, 15) is 9.59 Å².